The van der Waals surface area contributed by atoms with Crippen molar-refractivity contribution >= 4 is 12.2 Å². The van der Waals surface area contributed by atoms with Gasteiger partial charge in [0.05, 0.1) is 6.07 Å². The number of carbonyl (C=O) groups is 2. The molecule has 0 aliphatic carbocycles. The maximum Gasteiger partial charge on any atom is 1.00 e. The number of ether oxygens (including phenoxy) is 3. The quantitative estimate of drug-likeness (QED) is 0.195. The van der Waals surface area contributed by atoms with Crippen molar-refractivity contribution in [1.82, 2.24) is 10.6 Å². The van der Waals surface area contributed by atoms with Crippen LogP contribution in [0.5, 0.6) is 0 Å². The number of carbonyl (C=O) groups excluding carboxylic acids is 2. The van der Waals surface area contributed by atoms with E-state index in [1.165, 1.54) is 19.3 Å². The van der Waals surface area contributed by atoms with Crippen LogP contribution < -0.4 is 79.5 Å². The molecule has 2 unspecified atom stereocenters. The number of methoxy groups -OCH3 is 1. The molecule has 0 saturated heterocycles. The molecule has 2 atom stereocenters. The van der Waals surface area contributed by atoms with Crippen molar-refractivity contribution in [2.75, 3.05) is 7.11 Å². The maximum absolute atomic E-state index is 11.5. The Hall–Kier alpha value is 0.0419. The molecule has 0 aromatic heterocycles. The molecule has 0 aliphatic rings. The summed E-state index contributed by atoms with van der Waals surface area (Å²) < 4.78 is 15.4. The third-order valence-corrected chi connectivity index (χ3v) is 4.23. The number of rotatable bonds is 12. The zero-order valence-electron chi connectivity index (χ0n) is 24.5. The Morgan fingerprint density at radius 3 is 1.63 bits per heavy atom. The van der Waals surface area contributed by atoms with E-state index in [1.54, 1.807) is 27.9 Å². The summed E-state index contributed by atoms with van der Waals surface area (Å²) >= 11 is 0. The van der Waals surface area contributed by atoms with E-state index >= 15 is 0 Å². The normalized spacial score (nSPS) is 12.2. The van der Waals surface area contributed by atoms with E-state index in [9.17, 15) is 9.59 Å². The van der Waals surface area contributed by atoms with Crippen LogP contribution >= 0.6 is 0 Å². The largest absolute Gasteiger partial charge is 1.00 e. The predicted octanol–water partition coefficient (Wildman–Crippen LogP) is 3.89. The van der Waals surface area contributed by atoms with Crippen LogP contribution in [-0.4, -0.2) is 42.8 Å². The topological polar surface area (TPSA) is 110 Å². The molecule has 0 bridgehead atoms. The maximum atomic E-state index is 11.5. The smallest absolute Gasteiger partial charge is 0.444 e. The average molecular weight is 620 g/mol. The molecular formula is C26H52CsN3O5. The average Bonchev–Trinajstić information content (AvgIpc) is 2.67. The summed E-state index contributed by atoms with van der Waals surface area (Å²) in [6, 6.07) is 1.62. The van der Waals surface area contributed by atoms with Gasteiger partial charge in [-0.05, 0) is 60.8 Å². The summed E-state index contributed by atoms with van der Waals surface area (Å²) in [6.45, 7) is 15.2. The first-order chi connectivity index (χ1) is 15.3. The molecule has 0 aromatic rings. The number of alkyl carbamates (subject to hydrolysis) is 2. The minimum atomic E-state index is -0.520. The zero-order valence-corrected chi connectivity index (χ0v) is 30.8. The van der Waals surface area contributed by atoms with Crippen molar-refractivity contribution in [2.45, 2.75) is 137 Å². The number of nitrogens with one attached hydrogen (secondary N) is 2. The summed E-state index contributed by atoms with van der Waals surface area (Å²) in [5, 5.41) is 14.1. The molecule has 0 radical (unpaired) electrons. The van der Waals surface area contributed by atoms with Crippen LogP contribution in [0.4, 0.5) is 9.59 Å². The molecule has 0 aliphatic heterocycles. The number of nitrogens with zero attached hydrogens (tertiary/aromatic N) is 1. The minimum Gasteiger partial charge on any atom is -0.444 e. The monoisotopic (exact) mass is 619 g/mol. The predicted molar refractivity (Wildman–Crippen MR) is 138 cm³/mol. The van der Waals surface area contributed by atoms with Crippen LogP contribution in [0.1, 0.15) is 113 Å². The SMILES string of the molecule is CCCCCC(C#N)NC(=O)OC(C)(C)C.CCCCCCC(NC(=O)OC(C)(C)C)OC.[CH3-].[Cs+]. The van der Waals surface area contributed by atoms with Gasteiger partial charge in [-0.15, -0.1) is 0 Å². The van der Waals surface area contributed by atoms with E-state index in [0.29, 0.717) is 6.42 Å². The third kappa shape index (κ3) is 32.0. The molecule has 0 heterocycles. The first-order valence-electron chi connectivity index (χ1n) is 12.2. The van der Waals surface area contributed by atoms with E-state index in [1.807, 2.05) is 20.8 Å². The van der Waals surface area contributed by atoms with Gasteiger partial charge in [0.2, 0.25) is 0 Å². The van der Waals surface area contributed by atoms with Gasteiger partial charge in [-0.25, -0.2) is 9.59 Å². The summed E-state index contributed by atoms with van der Waals surface area (Å²) in [5.41, 5.74) is -0.988. The Labute approximate surface area is 274 Å². The summed E-state index contributed by atoms with van der Waals surface area (Å²) in [5.74, 6) is 0. The van der Waals surface area contributed by atoms with Crippen molar-refractivity contribution in [3.63, 3.8) is 0 Å². The van der Waals surface area contributed by atoms with Crippen LogP contribution in [0.15, 0.2) is 0 Å². The van der Waals surface area contributed by atoms with E-state index in [-0.39, 0.29) is 82.5 Å². The second kappa shape index (κ2) is 24.4. The van der Waals surface area contributed by atoms with Gasteiger partial charge in [0.1, 0.15) is 23.5 Å². The van der Waals surface area contributed by atoms with E-state index < -0.39 is 29.4 Å². The Balaban J connectivity index is -0.000000260. The molecule has 9 heteroatoms. The number of unbranched alkanes of at least 4 members (excludes halogenated alkanes) is 5. The molecule has 0 rings (SSSR count). The van der Waals surface area contributed by atoms with Crippen molar-refractivity contribution in [3.8, 4) is 6.07 Å². The second-order valence-electron chi connectivity index (χ2n) is 10.0. The van der Waals surface area contributed by atoms with Gasteiger partial charge in [-0.3, -0.25) is 5.32 Å². The van der Waals surface area contributed by atoms with Gasteiger partial charge >= 0.3 is 81.1 Å². The van der Waals surface area contributed by atoms with Crippen LogP contribution in [0.2, 0.25) is 0 Å². The number of hydrogen-bond donors (Lipinski definition) is 2. The molecule has 0 aromatic carbocycles. The standard InChI is InChI=1S/C13H27NO3.C12H22N2O2.CH3.Cs/c1-6-7-8-9-10-11(16-5)14-12(15)17-13(2,3)4;1-5-6-7-8-10(9-13)14-11(15)16-12(2,3)4;;/h11H,6-10H2,1-5H3,(H,14,15);10H,5-8H2,1-4H3,(H,14,15);1H3;/q;;-1;+1. The number of hydrogen-bond acceptors (Lipinski definition) is 6. The Kier molecular flexibility index (Phi) is 29.4. The van der Waals surface area contributed by atoms with Gasteiger partial charge in [0, 0.05) is 7.11 Å². The second-order valence-corrected chi connectivity index (χ2v) is 10.0. The van der Waals surface area contributed by atoms with Crippen LogP contribution in [0.3, 0.4) is 0 Å². The van der Waals surface area contributed by atoms with Gasteiger partial charge in [0.25, 0.3) is 0 Å². The van der Waals surface area contributed by atoms with Crippen molar-refractivity contribution < 1.29 is 92.7 Å². The molecule has 0 fully saturated rings. The van der Waals surface area contributed by atoms with Gasteiger partial charge in [-0.1, -0.05) is 52.4 Å². The number of nitriles is 1. The van der Waals surface area contributed by atoms with Gasteiger partial charge < -0.3 is 27.0 Å². The first-order valence-corrected chi connectivity index (χ1v) is 12.2. The van der Waals surface area contributed by atoms with Crippen molar-refractivity contribution in [2.24, 2.45) is 0 Å². The molecule has 8 nitrogen and oxygen atoms in total. The summed E-state index contributed by atoms with van der Waals surface area (Å²) in [6.07, 6.45) is 8.12. The van der Waals surface area contributed by atoms with Gasteiger partial charge in [-0.2, -0.15) is 5.26 Å². The van der Waals surface area contributed by atoms with E-state index in [2.05, 4.69) is 30.6 Å². The van der Waals surface area contributed by atoms with Crippen LogP contribution in [0.25, 0.3) is 0 Å². The van der Waals surface area contributed by atoms with Crippen molar-refractivity contribution in [1.29, 1.82) is 5.26 Å². The summed E-state index contributed by atoms with van der Waals surface area (Å²) in [4.78, 5) is 22.9. The zero-order chi connectivity index (χ0) is 25.9. The minimum absolute atomic E-state index is 0. The Bertz CT molecular complexity index is 569. The molecule has 0 spiro atoms. The van der Waals surface area contributed by atoms with Crippen molar-refractivity contribution in [3.05, 3.63) is 7.43 Å². The third-order valence-electron chi connectivity index (χ3n) is 4.23. The molecule has 202 valence electrons. The Morgan fingerprint density at radius 2 is 1.23 bits per heavy atom. The van der Waals surface area contributed by atoms with E-state index in [4.69, 9.17) is 19.5 Å². The van der Waals surface area contributed by atoms with Crippen LogP contribution in [-0.2, 0) is 14.2 Å². The van der Waals surface area contributed by atoms with E-state index in [0.717, 1.165) is 32.1 Å². The Morgan fingerprint density at radius 1 is 0.800 bits per heavy atom. The first kappa shape index (κ1) is 42.1. The fraction of sp³-hybridized carbons (Fsp3) is 0.846. The fourth-order valence-corrected chi connectivity index (χ4v) is 2.66. The molecule has 0 saturated carbocycles. The fourth-order valence-electron chi connectivity index (χ4n) is 2.66. The molecular weight excluding hydrogens is 567 g/mol. The number of amides is 2. The molecule has 2 N–H and O–H groups in total. The van der Waals surface area contributed by atoms with Gasteiger partial charge in [0.15, 0.2) is 0 Å². The summed E-state index contributed by atoms with van der Waals surface area (Å²) in [7, 11) is 1.60. The molecule has 2 amide bonds. The van der Waals surface area contributed by atoms with Crippen LogP contribution in [0, 0.1) is 18.8 Å². The molecule has 35 heavy (non-hydrogen) atoms.